The van der Waals surface area contributed by atoms with Gasteiger partial charge in [0.2, 0.25) is 5.91 Å². The molecule has 1 atom stereocenters. The van der Waals surface area contributed by atoms with Gasteiger partial charge in [0.25, 0.3) is 5.91 Å². The van der Waals surface area contributed by atoms with Crippen molar-refractivity contribution < 1.29 is 19.5 Å². The standard InChI is InChI=1S/C13H16ClN3O4/c1-6(2)8-3-7(4-10(14)16-8)12(19)17-9(13(20)21)5-11(15)18/h3-4,6,9H,5H2,1-2H3,(H2,15,18)(H,17,19)(H,20,21)/t9-/m0/s1. The van der Waals surface area contributed by atoms with Crippen molar-refractivity contribution in [3.05, 3.63) is 28.5 Å². The van der Waals surface area contributed by atoms with Crippen LogP contribution in [0.25, 0.3) is 0 Å². The molecule has 1 rings (SSSR count). The molecule has 1 aromatic rings. The maximum Gasteiger partial charge on any atom is 0.326 e. The number of nitrogens with one attached hydrogen (secondary N) is 1. The molecule has 8 heteroatoms. The molecule has 7 nitrogen and oxygen atoms in total. The first-order valence-electron chi connectivity index (χ1n) is 6.20. The number of hydrogen-bond donors (Lipinski definition) is 3. The molecule has 0 unspecified atom stereocenters. The fraction of sp³-hybridized carbons (Fsp3) is 0.385. The van der Waals surface area contributed by atoms with Crippen molar-refractivity contribution in [3.8, 4) is 0 Å². The maximum atomic E-state index is 12.1. The van der Waals surface area contributed by atoms with Crippen LogP contribution in [0, 0.1) is 0 Å². The molecular weight excluding hydrogens is 298 g/mol. The number of primary amides is 1. The first-order valence-corrected chi connectivity index (χ1v) is 6.58. The largest absolute Gasteiger partial charge is 0.480 e. The van der Waals surface area contributed by atoms with Gasteiger partial charge in [0.15, 0.2) is 0 Å². The summed E-state index contributed by atoms with van der Waals surface area (Å²) in [6.45, 7) is 3.76. The summed E-state index contributed by atoms with van der Waals surface area (Å²) >= 11 is 5.84. The van der Waals surface area contributed by atoms with E-state index < -0.39 is 30.2 Å². The quantitative estimate of drug-likeness (QED) is 0.674. The van der Waals surface area contributed by atoms with Crippen molar-refractivity contribution in [2.75, 3.05) is 0 Å². The number of nitrogens with zero attached hydrogens (tertiary/aromatic N) is 1. The van der Waals surface area contributed by atoms with E-state index in [0.717, 1.165) is 0 Å². The van der Waals surface area contributed by atoms with Crippen LogP contribution >= 0.6 is 11.6 Å². The Morgan fingerprint density at radius 1 is 1.38 bits per heavy atom. The number of carboxylic acid groups (broad SMARTS) is 1. The lowest BCUT2D eigenvalue weighted by Crippen LogP contribution is -2.43. The molecule has 0 saturated heterocycles. The molecule has 21 heavy (non-hydrogen) atoms. The van der Waals surface area contributed by atoms with Gasteiger partial charge in [-0.25, -0.2) is 9.78 Å². The van der Waals surface area contributed by atoms with E-state index in [9.17, 15) is 14.4 Å². The third-order valence-corrected chi connectivity index (χ3v) is 2.87. The Morgan fingerprint density at radius 2 is 2.00 bits per heavy atom. The highest BCUT2D eigenvalue weighted by Crippen LogP contribution is 2.17. The van der Waals surface area contributed by atoms with Crippen LogP contribution in [-0.4, -0.2) is 33.9 Å². The van der Waals surface area contributed by atoms with Gasteiger partial charge in [-0.3, -0.25) is 9.59 Å². The Morgan fingerprint density at radius 3 is 2.48 bits per heavy atom. The van der Waals surface area contributed by atoms with E-state index in [1.54, 1.807) is 0 Å². The summed E-state index contributed by atoms with van der Waals surface area (Å²) in [5.41, 5.74) is 5.73. The van der Waals surface area contributed by atoms with Gasteiger partial charge in [-0.2, -0.15) is 0 Å². The van der Waals surface area contributed by atoms with E-state index in [-0.39, 0.29) is 16.6 Å². The highest BCUT2D eigenvalue weighted by molar-refractivity contribution is 6.29. The second kappa shape index (κ2) is 7.03. The average molecular weight is 314 g/mol. The van der Waals surface area contributed by atoms with Crippen LogP contribution in [0.3, 0.4) is 0 Å². The lowest BCUT2D eigenvalue weighted by atomic mass is 10.1. The van der Waals surface area contributed by atoms with Crippen molar-refractivity contribution in [2.45, 2.75) is 32.2 Å². The SMILES string of the molecule is CC(C)c1cc(C(=O)N[C@@H](CC(N)=O)C(=O)O)cc(Cl)n1. The number of nitrogens with two attached hydrogens (primary N) is 1. The predicted molar refractivity (Wildman–Crippen MR) is 76.0 cm³/mol. The third kappa shape index (κ3) is 5.03. The zero-order valence-corrected chi connectivity index (χ0v) is 12.3. The van der Waals surface area contributed by atoms with Gasteiger partial charge in [-0.1, -0.05) is 25.4 Å². The molecule has 0 aliphatic rings. The molecule has 4 N–H and O–H groups in total. The molecule has 0 spiro atoms. The summed E-state index contributed by atoms with van der Waals surface area (Å²) in [4.78, 5) is 37.9. The minimum Gasteiger partial charge on any atom is -0.480 e. The van der Waals surface area contributed by atoms with Gasteiger partial charge in [-0.15, -0.1) is 0 Å². The number of amides is 2. The highest BCUT2D eigenvalue weighted by atomic mass is 35.5. The molecule has 1 aromatic heterocycles. The van der Waals surface area contributed by atoms with Gasteiger partial charge < -0.3 is 16.2 Å². The number of aromatic nitrogens is 1. The molecule has 0 aromatic carbocycles. The number of carbonyl (C=O) groups excluding carboxylic acids is 2. The Hall–Kier alpha value is -2.15. The molecular formula is C13H16ClN3O4. The Bertz CT molecular complexity index is 575. The van der Waals surface area contributed by atoms with E-state index >= 15 is 0 Å². The van der Waals surface area contributed by atoms with Gasteiger partial charge in [0.1, 0.15) is 11.2 Å². The smallest absolute Gasteiger partial charge is 0.326 e. The van der Waals surface area contributed by atoms with Crippen LogP contribution in [0.5, 0.6) is 0 Å². The lowest BCUT2D eigenvalue weighted by Gasteiger charge is -2.14. The van der Waals surface area contributed by atoms with Crippen LogP contribution in [-0.2, 0) is 9.59 Å². The highest BCUT2D eigenvalue weighted by Gasteiger charge is 2.23. The van der Waals surface area contributed by atoms with E-state index in [1.807, 2.05) is 13.8 Å². The minimum absolute atomic E-state index is 0.0520. The molecule has 2 amide bonds. The number of rotatable bonds is 6. The Labute approximate surface area is 126 Å². The second-order valence-electron chi connectivity index (χ2n) is 4.79. The average Bonchev–Trinajstić information content (AvgIpc) is 2.36. The summed E-state index contributed by atoms with van der Waals surface area (Å²) in [6.07, 6.45) is -0.489. The summed E-state index contributed by atoms with van der Waals surface area (Å²) < 4.78 is 0. The summed E-state index contributed by atoms with van der Waals surface area (Å²) in [7, 11) is 0. The number of carbonyl (C=O) groups is 3. The number of hydrogen-bond acceptors (Lipinski definition) is 4. The first kappa shape index (κ1) is 16.9. The number of carboxylic acids is 1. The molecule has 0 bridgehead atoms. The van der Waals surface area contributed by atoms with Gasteiger partial charge in [0, 0.05) is 11.3 Å². The van der Waals surface area contributed by atoms with Crippen LogP contribution < -0.4 is 11.1 Å². The third-order valence-electron chi connectivity index (χ3n) is 2.68. The maximum absolute atomic E-state index is 12.1. The second-order valence-corrected chi connectivity index (χ2v) is 5.18. The van der Waals surface area contributed by atoms with E-state index in [0.29, 0.717) is 5.69 Å². The first-order chi connectivity index (χ1) is 9.70. The molecule has 0 saturated carbocycles. The fourth-order valence-corrected chi connectivity index (χ4v) is 1.80. The van der Waals surface area contributed by atoms with Crippen molar-refractivity contribution in [2.24, 2.45) is 5.73 Å². The van der Waals surface area contributed by atoms with Crippen molar-refractivity contribution in [1.82, 2.24) is 10.3 Å². The molecule has 0 aliphatic carbocycles. The summed E-state index contributed by atoms with van der Waals surface area (Å²) in [5.74, 6) is -2.77. The molecule has 0 fully saturated rings. The zero-order chi connectivity index (χ0) is 16.2. The normalized spacial score (nSPS) is 12.0. The zero-order valence-electron chi connectivity index (χ0n) is 11.6. The van der Waals surface area contributed by atoms with Gasteiger partial charge >= 0.3 is 5.97 Å². The molecule has 0 radical (unpaired) electrons. The van der Waals surface area contributed by atoms with Crippen LogP contribution in [0.15, 0.2) is 12.1 Å². The number of pyridine rings is 1. The number of aliphatic carboxylic acids is 1. The van der Waals surface area contributed by atoms with E-state index in [1.165, 1.54) is 12.1 Å². The fourth-order valence-electron chi connectivity index (χ4n) is 1.59. The van der Waals surface area contributed by atoms with Crippen molar-refractivity contribution in [3.63, 3.8) is 0 Å². The van der Waals surface area contributed by atoms with Crippen molar-refractivity contribution in [1.29, 1.82) is 0 Å². The summed E-state index contributed by atoms with van der Waals surface area (Å²) in [5, 5.41) is 11.3. The molecule has 1 heterocycles. The molecule has 0 aliphatic heterocycles. The van der Waals surface area contributed by atoms with Gasteiger partial charge in [0.05, 0.1) is 6.42 Å². The van der Waals surface area contributed by atoms with Crippen molar-refractivity contribution >= 4 is 29.4 Å². The van der Waals surface area contributed by atoms with Crippen LogP contribution in [0.4, 0.5) is 0 Å². The number of halogens is 1. The Kier molecular flexibility index (Phi) is 5.66. The monoisotopic (exact) mass is 313 g/mol. The summed E-state index contributed by atoms with van der Waals surface area (Å²) in [6, 6.07) is 1.46. The minimum atomic E-state index is -1.38. The predicted octanol–water partition coefficient (Wildman–Crippen LogP) is 0.917. The lowest BCUT2D eigenvalue weighted by molar-refractivity contribution is -0.140. The topological polar surface area (TPSA) is 122 Å². The van der Waals surface area contributed by atoms with Gasteiger partial charge in [-0.05, 0) is 18.1 Å². The van der Waals surface area contributed by atoms with Crippen LogP contribution in [0.2, 0.25) is 5.15 Å². The van der Waals surface area contributed by atoms with E-state index in [2.05, 4.69) is 10.3 Å². The van der Waals surface area contributed by atoms with Crippen LogP contribution in [0.1, 0.15) is 42.2 Å². The van der Waals surface area contributed by atoms with E-state index in [4.69, 9.17) is 22.4 Å². The molecule has 114 valence electrons. The Balaban J connectivity index is 2.97.